The van der Waals surface area contributed by atoms with Gasteiger partial charge in [0, 0.05) is 12.6 Å². The summed E-state index contributed by atoms with van der Waals surface area (Å²) < 4.78 is 1.80. The van der Waals surface area contributed by atoms with Gasteiger partial charge in [0.15, 0.2) is 0 Å². The van der Waals surface area contributed by atoms with Crippen molar-refractivity contribution in [2.45, 2.75) is 38.3 Å². The Hall–Kier alpha value is -2.24. The van der Waals surface area contributed by atoms with Crippen LogP contribution in [0.4, 0.5) is 4.79 Å². The van der Waals surface area contributed by atoms with Crippen molar-refractivity contribution < 1.29 is 9.90 Å². The predicted molar refractivity (Wildman–Crippen MR) is 79.5 cm³/mol. The molecule has 1 heterocycles. The largest absolute Gasteiger partial charge is 0.465 e. The van der Waals surface area contributed by atoms with E-state index >= 15 is 0 Å². The molecule has 3 N–H and O–H groups in total. The minimum Gasteiger partial charge on any atom is -0.465 e. The second-order valence-corrected chi connectivity index (χ2v) is 5.73. The number of H-pyrrole nitrogens is 1. The van der Waals surface area contributed by atoms with Gasteiger partial charge in [0.25, 0.3) is 0 Å². The van der Waals surface area contributed by atoms with Crippen LogP contribution in [0.1, 0.15) is 25.7 Å². The molecule has 21 heavy (non-hydrogen) atoms. The van der Waals surface area contributed by atoms with Crippen LogP contribution in [0.15, 0.2) is 29.1 Å². The monoisotopic (exact) mass is 289 g/mol. The fraction of sp³-hybridized carbons (Fsp3) is 0.467. The third-order valence-corrected chi connectivity index (χ3v) is 4.30. The number of imidazole rings is 1. The Morgan fingerprint density at radius 3 is 2.71 bits per heavy atom. The van der Waals surface area contributed by atoms with E-state index in [-0.39, 0.29) is 11.7 Å². The highest BCUT2D eigenvalue weighted by Gasteiger charge is 2.23. The average Bonchev–Trinajstić information content (AvgIpc) is 2.77. The van der Waals surface area contributed by atoms with Gasteiger partial charge in [-0.1, -0.05) is 12.1 Å². The summed E-state index contributed by atoms with van der Waals surface area (Å²) in [4.78, 5) is 25.5. The Labute approximate surface area is 121 Å². The van der Waals surface area contributed by atoms with Crippen molar-refractivity contribution in [1.29, 1.82) is 0 Å². The minimum absolute atomic E-state index is 0.0541. The number of rotatable bonds is 3. The second kappa shape index (κ2) is 5.63. The van der Waals surface area contributed by atoms with Crippen LogP contribution >= 0.6 is 0 Å². The van der Waals surface area contributed by atoms with Gasteiger partial charge >= 0.3 is 11.8 Å². The van der Waals surface area contributed by atoms with Gasteiger partial charge in [0.2, 0.25) is 0 Å². The van der Waals surface area contributed by atoms with Crippen molar-refractivity contribution in [1.82, 2.24) is 14.9 Å². The molecule has 2 aromatic rings. The van der Waals surface area contributed by atoms with Gasteiger partial charge in [0.1, 0.15) is 0 Å². The van der Waals surface area contributed by atoms with Crippen LogP contribution in [-0.2, 0) is 6.54 Å². The molecule has 0 radical (unpaired) electrons. The third kappa shape index (κ3) is 2.94. The van der Waals surface area contributed by atoms with E-state index in [9.17, 15) is 9.59 Å². The van der Waals surface area contributed by atoms with Gasteiger partial charge < -0.3 is 15.4 Å². The Bertz CT molecular complexity index is 695. The fourth-order valence-corrected chi connectivity index (χ4v) is 3.21. The highest BCUT2D eigenvalue weighted by atomic mass is 16.4. The van der Waals surface area contributed by atoms with Gasteiger partial charge in [-0.15, -0.1) is 0 Å². The van der Waals surface area contributed by atoms with Gasteiger partial charge in [-0.2, -0.15) is 0 Å². The topological polar surface area (TPSA) is 87.1 Å². The summed E-state index contributed by atoms with van der Waals surface area (Å²) in [6.45, 7) is 0.697. The van der Waals surface area contributed by atoms with Crippen LogP contribution in [0.25, 0.3) is 11.0 Å². The number of aromatic amines is 1. The van der Waals surface area contributed by atoms with Crippen LogP contribution in [0.5, 0.6) is 0 Å². The molecule has 0 unspecified atom stereocenters. The maximum Gasteiger partial charge on any atom is 0.404 e. The number of hydrogen-bond acceptors (Lipinski definition) is 2. The first-order chi connectivity index (χ1) is 10.1. The maximum absolute atomic E-state index is 12.0. The van der Waals surface area contributed by atoms with E-state index < -0.39 is 6.09 Å². The summed E-state index contributed by atoms with van der Waals surface area (Å²) in [7, 11) is 0. The Morgan fingerprint density at radius 1 is 1.29 bits per heavy atom. The summed E-state index contributed by atoms with van der Waals surface area (Å²) in [5, 5.41) is 11.3. The van der Waals surface area contributed by atoms with Crippen molar-refractivity contribution in [2.24, 2.45) is 5.92 Å². The zero-order valence-electron chi connectivity index (χ0n) is 11.7. The number of aromatic nitrogens is 2. The van der Waals surface area contributed by atoms with E-state index in [4.69, 9.17) is 5.11 Å². The van der Waals surface area contributed by atoms with Crippen molar-refractivity contribution in [2.75, 3.05) is 0 Å². The molecule has 1 amide bonds. The molecule has 0 atom stereocenters. The fourth-order valence-electron chi connectivity index (χ4n) is 3.21. The molecular weight excluding hydrogens is 270 g/mol. The zero-order chi connectivity index (χ0) is 14.8. The molecule has 1 aliphatic rings. The van der Waals surface area contributed by atoms with Gasteiger partial charge in [-0.05, 0) is 43.7 Å². The SMILES string of the molecule is O=C(O)NC1CCC(Cn2c(=O)[nH]c3ccccc32)CC1. The number of hydrogen-bond donors (Lipinski definition) is 3. The smallest absolute Gasteiger partial charge is 0.404 e. The standard InChI is InChI=1S/C15H19N3O3/c19-14-17-12-3-1-2-4-13(12)18(14)9-10-5-7-11(8-6-10)16-15(20)21/h1-4,10-11,16H,5-9H2,(H,17,19)(H,20,21). The lowest BCUT2D eigenvalue weighted by Crippen LogP contribution is -2.37. The van der Waals surface area contributed by atoms with Crippen LogP contribution < -0.4 is 11.0 Å². The number of para-hydroxylation sites is 2. The van der Waals surface area contributed by atoms with E-state index in [1.165, 1.54) is 0 Å². The minimum atomic E-state index is -0.953. The van der Waals surface area contributed by atoms with E-state index in [0.717, 1.165) is 36.7 Å². The molecule has 1 aromatic heterocycles. The van der Waals surface area contributed by atoms with Crippen LogP contribution in [-0.4, -0.2) is 26.8 Å². The molecule has 1 fully saturated rings. The number of benzene rings is 1. The molecule has 0 saturated heterocycles. The normalized spacial score (nSPS) is 22.3. The predicted octanol–water partition coefficient (Wildman–Crippen LogP) is 2.16. The molecule has 1 aromatic carbocycles. The highest BCUT2D eigenvalue weighted by molar-refractivity contribution is 5.74. The molecule has 1 saturated carbocycles. The number of carboxylic acid groups (broad SMARTS) is 1. The van der Waals surface area contributed by atoms with Crippen LogP contribution in [0.3, 0.4) is 0 Å². The van der Waals surface area contributed by atoms with Gasteiger partial charge in [-0.25, -0.2) is 9.59 Å². The first kappa shape index (κ1) is 13.7. The summed E-state index contributed by atoms with van der Waals surface area (Å²) in [6.07, 6.45) is 2.61. The molecule has 6 nitrogen and oxygen atoms in total. The summed E-state index contributed by atoms with van der Waals surface area (Å²) in [5.41, 5.74) is 1.74. The quantitative estimate of drug-likeness (QED) is 0.809. The molecular formula is C15H19N3O3. The lowest BCUT2D eigenvalue weighted by atomic mass is 9.86. The average molecular weight is 289 g/mol. The molecule has 3 rings (SSSR count). The van der Waals surface area contributed by atoms with Crippen molar-refractivity contribution in [3.05, 3.63) is 34.7 Å². The summed E-state index contributed by atoms with van der Waals surface area (Å²) in [5.74, 6) is 0.425. The Balaban J connectivity index is 1.68. The molecule has 0 aliphatic heterocycles. The maximum atomic E-state index is 12.0. The van der Waals surface area contributed by atoms with E-state index in [2.05, 4.69) is 10.3 Å². The number of nitrogens with one attached hydrogen (secondary N) is 2. The van der Waals surface area contributed by atoms with E-state index in [1.54, 1.807) is 4.57 Å². The number of carbonyl (C=O) groups is 1. The van der Waals surface area contributed by atoms with Gasteiger partial charge in [0.05, 0.1) is 11.0 Å². The number of nitrogens with zero attached hydrogens (tertiary/aromatic N) is 1. The first-order valence-electron chi connectivity index (χ1n) is 7.30. The van der Waals surface area contributed by atoms with Crippen LogP contribution in [0, 0.1) is 5.92 Å². The van der Waals surface area contributed by atoms with E-state index in [1.807, 2.05) is 24.3 Å². The lowest BCUT2D eigenvalue weighted by molar-refractivity contribution is 0.181. The second-order valence-electron chi connectivity index (χ2n) is 5.73. The third-order valence-electron chi connectivity index (χ3n) is 4.30. The summed E-state index contributed by atoms with van der Waals surface area (Å²) >= 11 is 0. The van der Waals surface area contributed by atoms with Crippen LogP contribution in [0.2, 0.25) is 0 Å². The molecule has 1 aliphatic carbocycles. The molecule has 0 bridgehead atoms. The summed E-state index contributed by atoms with van der Waals surface area (Å²) in [6, 6.07) is 7.75. The first-order valence-corrected chi connectivity index (χ1v) is 7.30. The van der Waals surface area contributed by atoms with E-state index in [0.29, 0.717) is 12.5 Å². The highest BCUT2D eigenvalue weighted by Crippen LogP contribution is 2.26. The molecule has 112 valence electrons. The molecule has 0 spiro atoms. The van der Waals surface area contributed by atoms with Crippen molar-refractivity contribution in [3.8, 4) is 0 Å². The number of amides is 1. The zero-order valence-corrected chi connectivity index (χ0v) is 11.7. The Morgan fingerprint density at radius 2 is 2.00 bits per heavy atom. The molecule has 6 heteroatoms. The van der Waals surface area contributed by atoms with Crippen molar-refractivity contribution in [3.63, 3.8) is 0 Å². The lowest BCUT2D eigenvalue weighted by Gasteiger charge is -2.28. The van der Waals surface area contributed by atoms with Crippen molar-refractivity contribution >= 4 is 17.1 Å². The van der Waals surface area contributed by atoms with Gasteiger partial charge in [-0.3, -0.25) is 4.57 Å². The number of fused-ring (bicyclic) bond motifs is 1. The Kier molecular flexibility index (Phi) is 3.68.